The highest BCUT2D eigenvalue weighted by Crippen LogP contribution is 2.34. The monoisotopic (exact) mass is 253 g/mol. The zero-order chi connectivity index (χ0) is 12.9. The van der Waals surface area contributed by atoms with Crippen molar-refractivity contribution in [2.75, 3.05) is 13.2 Å². The van der Waals surface area contributed by atoms with Crippen molar-refractivity contribution >= 4 is 11.4 Å². The summed E-state index contributed by atoms with van der Waals surface area (Å²) in [5.41, 5.74) is 1.05. The van der Waals surface area contributed by atoms with Gasteiger partial charge in [-0.15, -0.1) is 0 Å². The van der Waals surface area contributed by atoms with E-state index in [1.54, 1.807) is 0 Å². The van der Waals surface area contributed by atoms with E-state index < -0.39 is 17.9 Å². The SMILES string of the molecule is O=C1COCC2=C1c1cc(F)c(F)cc1C(O)N2. The molecule has 3 rings (SSSR count). The van der Waals surface area contributed by atoms with Gasteiger partial charge in [0, 0.05) is 11.1 Å². The van der Waals surface area contributed by atoms with Crippen LogP contribution < -0.4 is 5.32 Å². The molecule has 94 valence electrons. The molecule has 1 atom stereocenters. The number of rotatable bonds is 0. The average molecular weight is 253 g/mol. The number of carbonyl (C=O) groups excluding carboxylic acids is 1. The van der Waals surface area contributed by atoms with Crippen LogP contribution in [0.1, 0.15) is 17.4 Å². The van der Waals surface area contributed by atoms with Gasteiger partial charge in [-0.1, -0.05) is 0 Å². The number of ether oxygens (including phenoxy) is 1. The van der Waals surface area contributed by atoms with Crippen molar-refractivity contribution in [1.29, 1.82) is 0 Å². The summed E-state index contributed by atoms with van der Waals surface area (Å²) in [6, 6.07) is 1.84. The number of benzene rings is 1. The lowest BCUT2D eigenvalue weighted by Crippen LogP contribution is -2.35. The average Bonchev–Trinajstić information content (AvgIpc) is 2.32. The third-order valence-corrected chi connectivity index (χ3v) is 3.03. The molecule has 0 aliphatic carbocycles. The molecule has 0 bridgehead atoms. The first kappa shape index (κ1) is 11.3. The van der Waals surface area contributed by atoms with Crippen LogP contribution in [-0.4, -0.2) is 24.1 Å². The molecule has 2 heterocycles. The fourth-order valence-corrected chi connectivity index (χ4v) is 2.23. The molecule has 1 aromatic carbocycles. The van der Waals surface area contributed by atoms with E-state index in [2.05, 4.69) is 5.32 Å². The van der Waals surface area contributed by atoms with E-state index in [1.165, 1.54) is 0 Å². The van der Waals surface area contributed by atoms with Crippen molar-refractivity contribution < 1.29 is 23.4 Å². The summed E-state index contributed by atoms with van der Waals surface area (Å²) in [7, 11) is 0. The summed E-state index contributed by atoms with van der Waals surface area (Å²) in [5, 5.41) is 12.5. The zero-order valence-corrected chi connectivity index (χ0v) is 9.17. The van der Waals surface area contributed by atoms with Gasteiger partial charge in [-0.05, 0) is 17.7 Å². The quantitative estimate of drug-likeness (QED) is 0.720. The summed E-state index contributed by atoms with van der Waals surface area (Å²) < 4.78 is 31.5. The van der Waals surface area contributed by atoms with E-state index in [1.807, 2.05) is 0 Å². The highest BCUT2D eigenvalue weighted by molar-refractivity contribution is 6.23. The van der Waals surface area contributed by atoms with Crippen LogP contribution in [0.15, 0.2) is 17.8 Å². The Balaban J connectivity index is 2.25. The minimum absolute atomic E-state index is 0.102. The van der Waals surface area contributed by atoms with Crippen LogP contribution in [0, 0.1) is 11.6 Å². The van der Waals surface area contributed by atoms with Gasteiger partial charge < -0.3 is 15.2 Å². The Morgan fingerprint density at radius 3 is 2.78 bits per heavy atom. The minimum Gasteiger partial charge on any atom is -0.369 e. The van der Waals surface area contributed by atoms with Crippen molar-refractivity contribution in [2.45, 2.75) is 6.23 Å². The maximum Gasteiger partial charge on any atom is 0.190 e. The lowest BCUT2D eigenvalue weighted by molar-refractivity contribution is -0.118. The second-order valence-corrected chi connectivity index (χ2v) is 4.17. The summed E-state index contributed by atoms with van der Waals surface area (Å²) >= 11 is 0. The van der Waals surface area contributed by atoms with Crippen molar-refractivity contribution in [1.82, 2.24) is 5.32 Å². The number of aliphatic hydroxyl groups is 1. The third-order valence-electron chi connectivity index (χ3n) is 3.03. The summed E-state index contributed by atoms with van der Waals surface area (Å²) in [6.07, 6.45) is -1.18. The summed E-state index contributed by atoms with van der Waals surface area (Å²) in [4.78, 5) is 11.8. The molecule has 2 aliphatic heterocycles. The smallest absolute Gasteiger partial charge is 0.190 e. The van der Waals surface area contributed by atoms with E-state index in [9.17, 15) is 18.7 Å². The normalized spacial score (nSPS) is 22.4. The number of nitrogens with one attached hydrogen (secondary N) is 1. The van der Waals surface area contributed by atoms with Gasteiger partial charge in [0.15, 0.2) is 23.6 Å². The molecule has 0 amide bonds. The lowest BCUT2D eigenvalue weighted by Gasteiger charge is -2.30. The molecule has 0 saturated carbocycles. The topological polar surface area (TPSA) is 58.6 Å². The van der Waals surface area contributed by atoms with Gasteiger partial charge in [-0.2, -0.15) is 0 Å². The van der Waals surface area contributed by atoms with Crippen molar-refractivity contribution in [2.24, 2.45) is 0 Å². The Labute approximate surface area is 101 Å². The molecule has 2 aliphatic rings. The van der Waals surface area contributed by atoms with Crippen LogP contribution in [-0.2, 0) is 9.53 Å². The molecule has 18 heavy (non-hydrogen) atoms. The van der Waals surface area contributed by atoms with Crippen LogP contribution in [0.5, 0.6) is 0 Å². The largest absolute Gasteiger partial charge is 0.369 e. The van der Waals surface area contributed by atoms with E-state index >= 15 is 0 Å². The van der Waals surface area contributed by atoms with Gasteiger partial charge in [-0.25, -0.2) is 8.78 Å². The molecular formula is C12H9F2NO3. The van der Waals surface area contributed by atoms with Gasteiger partial charge in [0.1, 0.15) is 6.61 Å². The predicted octanol–water partition coefficient (Wildman–Crippen LogP) is 0.869. The molecule has 1 unspecified atom stereocenters. The van der Waals surface area contributed by atoms with Crippen molar-refractivity contribution in [3.05, 3.63) is 40.6 Å². The van der Waals surface area contributed by atoms with Gasteiger partial charge in [0.25, 0.3) is 0 Å². The molecule has 0 fully saturated rings. The van der Waals surface area contributed by atoms with Gasteiger partial charge in [0.05, 0.1) is 12.3 Å². The van der Waals surface area contributed by atoms with Gasteiger partial charge in [0.2, 0.25) is 0 Å². The molecule has 1 aromatic rings. The second-order valence-electron chi connectivity index (χ2n) is 4.17. The number of fused-ring (bicyclic) bond motifs is 2. The second kappa shape index (κ2) is 3.86. The molecule has 2 N–H and O–H groups in total. The number of Topliss-reactive ketones (excluding diaryl/α,β-unsaturated/α-hetero) is 1. The van der Waals surface area contributed by atoms with E-state index in [0.717, 1.165) is 12.1 Å². The highest BCUT2D eigenvalue weighted by Gasteiger charge is 2.32. The van der Waals surface area contributed by atoms with Gasteiger partial charge in [-0.3, -0.25) is 4.79 Å². The third kappa shape index (κ3) is 1.53. The maximum absolute atomic E-state index is 13.3. The number of hydrogen-bond donors (Lipinski definition) is 2. The van der Waals surface area contributed by atoms with Crippen LogP contribution >= 0.6 is 0 Å². The first-order chi connectivity index (χ1) is 8.58. The zero-order valence-electron chi connectivity index (χ0n) is 9.17. The van der Waals surface area contributed by atoms with Crippen LogP contribution in [0.4, 0.5) is 8.78 Å². The summed E-state index contributed by atoms with van der Waals surface area (Å²) in [5.74, 6) is -2.42. The molecule has 0 spiro atoms. The molecule has 4 nitrogen and oxygen atoms in total. The predicted molar refractivity (Wildman–Crippen MR) is 57.2 cm³/mol. The summed E-state index contributed by atoms with van der Waals surface area (Å²) in [6.45, 7) is 0.0333. The van der Waals surface area contributed by atoms with Crippen LogP contribution in [0.25, 0.3) is 5.57 Å². The Bertz CT molecular complexity index is 583. The molecule has 0 radical (unpaired) electrons. The Morgan fingerprint density at radius 2 is 2.00 bits per heavy atom. The number of ketones is 1. The number of hydrogen-bond acceptors (Lipinski definition) is 4. The fourth-order valence-electron chi connectivity index (χ4n) is 2.23. The van der Waals surface area contributed by atoms with Crippen LogP contribution in [0.2, 0.25) is 0 Å². The Morgan fingerprint density at radius 1 is 1.28 bits per heavy atom. The lowest BCUT2D eigenvalue weighted by atomic mass is 9.90. The maximum atomic E-state index is 13.3. The first-order valence-corrected chi connectivity index (χ1v) is 5.36. The van der Waals surface area contributed by atoms with Crippen molar-refractivity contribution in [3.63, 3.8) is 0 Å². The Hall–Kier alpha value is -1.79. The van der Waals surface area contributed by atoms with Crippen LogP contribution in [0.3, 0.4) is 0 Å². The van der Waals surface area contributed by atoms with Gasteiger partial charge >= 0.3 is 0 Å². The number of halogens is 2. The highest BCUT2D eigenvalue weighted by atomic mass is 19.2. The molecular weight excluding hydrogens is 244 g/mol. The van der Waals surface area contributed by atoms with Crippen molar-refractivity contribution in [3.8, 4) is 0 Å². The first-order valence-electron chi connectivity index (χ1n) is 5.36. The molecule has 0 aromatic heterocycles. The minimum atomic E-state index is -1.18. The van der Waals surface area contributed by atoms with E-state index in [0.29, 0.717) is 5.70 Å². The molecule has 0 saturated heterocycles. The fraction of sp³-hybridized carbons (Fsp3) is 0.250. The number of aliphatic hydroxyl groups excluding tert-OH is 1. The van der Waals surface area contributed by atoms with E-state index in [-0.39, 0.29) is 35.7 Å². The standard InChI is InChI=1S/C12H9F2NO3/c13-7-1-5-6(2-8(7)14)12(17)15-9-3-18-4-10(16)11(5)9/h1-2,12,15,17H,3-4H2. The Kier molecular flexibility index (Phi) is 2.42. The number of carbonyl (C=O) groups is 1. The van der Waals surface area contributed by atoms with E-state index in [4.69, 9.17) is 4.74 Å². The molecule has 6 heteroatoms.